The molecular formula is C30H61NaO4S. The molecule has 212 valence electrons. The van der Waals surface area contributed by atoms with Crippen molar-refractivity contribution in [2.75, 3.05) is 6.61 Å². The number of rotatable bonds is 29. The summed E-state index contributed by atoms with van der Waals surface area (Å²) in [5.41, 5.74) is 0. The molecule has 0 rings (SSSR count). The molecule has 0 fully saturated rings. The minimum Gasteiger partial charge on any atom is -0.726 e. The summed E-state index contributed by atoms with van der Waals surface area (Å²) >= 11 is 0. The Labute approximate surface area is 249 Å². The van der Waals surface area contributed by atoms with Crippen LogP contribution in [0.2, 0.25) is 0 Å². The van der Waals surface area contributed by atoms with Crippen LogP contribution in [0.3, 0.4) is 0 Å². The van der Waals surface area contributed by atoms with Gasteiger partial charge in [0.15, 0.2) is 0 Å². The van der Waals surface area contributed by atoms with Gasteiger partial charge in [-0.05, 0) is 18.8 Å². The Bertz CT molecular complexity index is 513. The van der Waals surface area contributed by atoms with Crippen LogP contribution in [0.5, 0.6) is 0 Å². The SMILES string of the molecule is CCCCCCCCCCCCCCCC(CCCCCCCCCCCCC)COS(=O)(=O)[O-].[Na+]. The fourth-order valence-electron chi connectivity index (χ4n) is 5.04. The van der Waals surface area contributed by atoms with Crippen molar-refractivity contribution in [3.8, 4) is 0 Å². The molecule has 0 aromatic rings. The fourth-order valence-corrected chi connectivity index (χ4v) is 5.40. The normalized spacial score (nSPS) is 12.5. The molecule has 0 radical (unpaired) electrons. The zero-order chi connectivity index (χ0) is 25.9. The molecule has 0 heterocycles. The standard InChI is InChI=1S/C30H62O4S.Na/c1-3-5-7-9-11-13-15-16-18-20-22-24-26-28-30(29-34-35(31,32)33)27-25-23-21-19-17-14-12-10-8-6-4-2;/h30H,3-29H2,1-2H3,(H,31,32,33);/q;+1/p-1. The summed E-state index contributed by atoms with van der Waals surface area (Å²) in [6.45, 7) is 4.60. The first-order valence-electron chi connectivity index (χ1n) is 15.6. The van der Waals surface area contributed by atoms with E-state index < -0.39 is 10.4 Å². The summed E-state index contributed by atoms with van der Waals surface area (Å²) in [5.74, 6) is 0.199. The van der Waals surface area contributed by atoms with E-state index in [1.54, 1.807) is 0 Å². The predicted octanol–water partition coefficient (Wildman–Crippen LogP) is 7.27. The van der Waals surface area contributed by atoms with Crippen LogP contribution in [0.25, 0.3) is 0 Å². The van der Waals surface area contributed by atoms with Crippen LogP contribution in [-0.4, -0.2) is 19.6 Å². The second kappa shape index (κ2) is 30.4. The molecule has 0 saturated carbocycles. The Balaban J connectivity index is 0. The topological polar surface area (TPSA) is 66.4 Å². The van der Waals surface area contributed by atoms with Crippen molar-refractivity contribution in [2.24, 2.45) is 5.92 Å². The maximum absolute atomic E-state index is 10.9. The Hall–Kier alpha value is 0.870. The van der Waals surface area contributed by atoms with Crippen molar-refractivity contribution in [3.63, 3.8) is 0 Å². The predicted molar refractivity (Wildman–Crippen MR) is 151 cm³/mol. The van der Waals surface area contributed by atoms with E-state index in [0.29, 0.717) is 0 Å². The third kappa shape index (κ3) is 32.9. The molecule has 0 aromatic heterocycles. The average molecular weight is 541 g/mol. The van der Waals surface area contributed by atoms with Gasteiger partial charge in [-0.15, -0.1) is 0 Å². The van der Waals surface area contributed by atoms with Crippen molar-refractivity contribution < 1.29 is 46.7 Å². The van der Waals surface area contributed by atoms with Gasteiger partial charge in [0.25, 0.3) is 0 Å². The summed E-state index contributed by atoms with van der Waals surface area (Å²) in [4.78, 5) is 0. The molecule has 0 aliphatic carbocycles. The van der Waals surface area contributed by atoms with Gasteiger partial charge in [-0.1, -0.05) is 168 Å². The molecule has 1 unspecified atom stereocenters. The quantitative estimate of drug-likeness (QED) is 0.0433. The zero-order valence-electron chi connectivity index (χ0n) is 24.7. The minimum absolute atomic E-state index is 0. The Morgan fingerprint density at radius 3 is 1.00 bits per heavy atom. The van der Waals surface area contributed by atoms with E-state index in [1.165, 1.54) is 141 Å². The van der Waals surface area contributed by atoms with Gasteiger partial charge in [0.05, 0.1) is 6.61 Å². The van der Waals surface area contributed by atoms with E-state index in [9.17, 15) is 13.0 Å². The summed E-state index contributed by atoms with van der Waals surface area (Å²) in [7, 11) is -4.58. The Morgan fingerprint density at radius 2 is 0.750 bits per heavy atom. The van der Waals surface area contributed by atoms with Crippen molar-refractivity contribution >= 4 is 10.4 Å². The smallest absolute Gasteiger partial charge is 0.726 e. The van der Waals surface area contributed by atoms with Crippen molar-refractivity contribution in [1.82, 2.24) is 0 Å². The molecule has 6 heteroatoms. The molecule has 36 heavy (non-hydrogen) atoms. The first-order chi connectivity index (χ1) is 17.0. The van der Waals surface area contributed by atoms with Gasteiger partial charge in [-0.2, -0.15) is 0 Å². The van der Waals surface area contributed by atoms with Gasteiger partial charge < -0.3 is 4.55 Å². The molecule has 0 amide bonds. The van der Waals surface area contributed by atoms with Crippen LogP contribution in [0.15, 0.2) is 0 Å². The van der Waals surface area contributed by atoms with Gasteiger partial charge in [-0.25, -0.2) is 8.42 Å². The summed E-state index contributed by atoms with van der Waals surface area (Å²) in [5, 5.41) is 0. The van der Waals surface area contributed by atoms with Crippen LogP contribution in [0.1, 0.15) is 181 Å². The van der Waals surface area contributed by atoms with E-state index >= 15 is 0 Å². The van der Waals surface area contributed by atoms with Crippen LogP contribution < -0.4 is 29.6 Å². The molecule has 0 aliphatic rings. The van der Waals surface area contributed by atoms with Gasteiger partial charge in [0.1, 0.15) is 0 Å². The minimum atomic E-state index is -4.58. The second-order valence-electron chi connectivity index (χ2n) is 10.9. The van der Waals surface area contributed by atoms with E-state index in [2.05, 4.69) is 18.0 Å². The van der Waals surface area contributed by atoms with E-state index in [1.807, 2.05) is 0 Å². The second-order valence-corrected chi connectivity index (χ2v) is 12.0. The molecule has 0 N–H and O–H groups in total. The molecule has 0 aliphatic heterocycles. The van der Waals surface area contributed by atoms with Gasteiger partial charge >= 0.3 is 29.6 Å². The van der Waals surface area contributed by atoms with E-state index in [-0.39, 0.29) is 42.1 Å². The molecule has 4 nitrogen and oxygen atoms in total. The van der Waals surface area contributed by atoms with Crippen LogP contribution >= 0.6 is 0 Å². The molecule has 0 aromatic carbocycles. The number of unbranched alkanes of at least 4 members (excludes halogenated alkanes) is 22. The van der Waals surface area contributed by atoms with Gasteiger partial charge in [0.2, 0.25) is 10.4 Å². The monoisotopic (exact) mass is 540 g/mol. The molecule has 0 spiro atoms. The first-order valence-corrected chi connectivity index (χ1v) is 16.9. The van der Waals surface area contributed by atoms with Gasteiger partial charge in [-0.3, -0.25) is 4.18 Å². The maximum Gasteiger partial charge on any atom is 1.00 e. The first kappa shape index (κ1) is 39.0. The maximum atomic E-state index is 10.9. The van der Waals surface area contributed by atoms with Crippen molar-refractivity contribution in [3.05, 3.63) is 0 Å². The van der Waals surface area contributed by atoms with Crippen LogP contribution in [0, 0.1) is 5.92 Å². The fraction of sp³-hybridized carbons (Fsp3) is 1.00. The van der Waals surface area contributed by atoms with Crippen LogP contribution in [-0.2, 0) is 14.6 Å². The molecular weight excluding hydrogens is 479 g/mol. The Morgan fingerprint density at radius 1 is 0.500 bits per heavy atom. The van der Waals surface area contributed by atoms with Crippen molar-refractivity contribution in [2.45, 2.75) is 181 Å². The average Bonchev–Trinajstić information content (AvgIpc) is 2.82. The van der Waals surface area contributed by atoms with Gasteiger partial charge in [0, 0.05) is 0 Å². The summed E-state index contributed by atoms with van der Waals surface area (Å²) < 4.78 is 37.3. The number of hydrogen-bond donors (Lipinski definition) is 0. The van der Waals surface area contributed by atoms with E-state index in [4.69, 9.17) is 0 Å². The molecule has 1 atom stereocenters. The number of hydrogen-bond acceptors (Lipinski definition) is 4. The summed E-state index contributed by atoms with van der Waals surface area (Å²) in [6, 6.07) is 0. The van der Waals surface area contributed by atoms with Crippen molar-refractivity contribution in [1.29, 1.82) is 0 Å². The summed E-state index contributed by atoms with van der Waals surface area (Å²) in [6.07, 6.45) is 33.7. The van der Waals surface area contributed by atoms with E-state index in [0.717, 1.165) is 25.7 Å². The largest absolute Gasteiger partial charge is 1.00 e. The third-order valence-corrected chi connectivity index (χ3v) is 7.80. The molecule has 0 saturated heterocycles. The third-order valence-electron chi connectivity index (χ3n) is 7.38. The zero-order valence-corrected chi connectivity index (χ0v) is 27.5. The Kier molecular flexibility index (Phi) is 33.0. The van der Waals surface area contributed by atoms with Crippen LogP contribution in [0.4, 0.5) is 0 Å². The molecule has 0 bridgehead atoms.